The van der Waals surface area contributed by atoms with Crippen LogP contribution >= 0.6 is 11.3 Å². The van der Waals surface area contributed by atoms with E-state index in [2.05, 4.69) is 25.9 Å². The lowest BCUT2D eigenvalue weighted by atomic mass is 9.94. The summed E-state index contributed by atoms with van der Waals surface area (Å²) in [7, 11) is 0. The molecule has 1 atom stereocenters. The second kappa shape index (κ2) is 6.22. The average molecular weight is 400 g/mol. The number of rotatable bonds is 1. The Hall–Kier alpha value is -2.06. The molecule has 0 saturated carbocycles. The summed E-state index contributed by atoms with van der Waals surface area (Å²) < 4.78 is 7.71. The lowest BCUT2D eigenvalue weighted by Crippen LogP contribution is -2.39. The number of aromatic nitrogens is 4. The SMILES string of the molecule is Cc1nc2sc3c(c2c2nc(C(=O)N4CCC[C@H](C)C4)nn12)CC(C)(C)OC3. The van der Waals surface area contributed by atoms with Gasteiger partial charge in [-0.1, -0.05) is 6.92 Å². The van der Waals surface area contributed by atoms with Crippen LogP contribution in [0.2, 0.25) is 0 Å². The number of amides is 1. The van der Waals surface area contributed by atoms with Crippen molar-refractivity contribution in [3.8, 4) is 0 Å². The van der Waals surface area contributed by atoms with Crippen molar-refractivity contribution in [3.05, 3.63) is 22.1 Å². The van der Waals surface area contributed by atoms with Crippen LogP contribution in [0.1, 0.15) is 60.5 Å². The molecule has 2 aliphatic rings. The molecule has 0 spiro atoms. The van der Waals surface area contributed by atoms with Crippen LogP contribution in [0.3, 0.4) is 0 Å². The highest BCUT2D eigenvalue weighted by molar-refractivity contribution is 7.19. The van der Waals surface area contributed by atoms with Gasteiger partial charge in [-0.05, 0) is 45.1 Å². The van der Waals surface area contributed by atoms with Crippen molar-refractivity contribution in [3.63, 3.8) is 0 Å². The molecular formula is C20H25N5O2S. The van der Waals surface area contributed by atoms with E-state index in [0.29, 0.717) is 12.5 Å². The van der Waals surface area contributed by atoms with E-state index >= 15 is 0 Å². The van der Waals surface area contributed by atoms with E-state index in [4.69, 9.17) is 14.7 Å². The molecule has 2 aliphatic heterocycles. The van der Waals surface area contributed by atoms with Crippen LogP contribution in [-0.4, -0.2) is 49.1 Å². The first-order valence-electron chi connectivity index (χ1n) is 9.93. The molecule has 0 aromatic carbocycles. The lowest BCUT2D eigenvalue weighted by Gasteiger charge is -2.30. The quantitative estimate of drug-likeness (QED) is 0.627. The fourth-order valence-electron chi connectivity index (χ4n) is 4.35. The molecule has 0 unspecified atom stereocenters. The van der Waals surface area contributed by atoms with Gasteiger partial charge in [0.25, 0.3) is 5.91 Å². The summed E-state index contributed by atoms with van der Waals surface area (Å²) in [5, 5.41) is 5.58. The van der Waals surface area contributed by atoms with Crippen molar-refractivity contribution >= 4 is 33.1 Å². The number of fused-ring (bicyclic) bond motifs is 5. The van der Waals surface area contributed by atoms with Crippen LogP contribution in [0.4, 0.5) is 0 Å². The van der Waals surface area contributed by atoms with Gasteiger partial charge in [0.2, 0.25) is 5.82 Å². The smallest absolute Gasteiger partial charge is 0.293 e. The van der Waals surface area contributed by atoms with E-state index in [1.807, 2.05) is 11.8 Å². The molecule has 7 nitrogen and oxygen atoms in total. The molecule has 148 valence electrons. The number of carbonyl (C=O) groups excluding carboxylic acids is 1. The Labute approximate surface area is 167 Å². The van der Waals surface area contributed by atoms with Crippen molar-refractivity contribution < 1.29 is 9.53 Å². The number of ether oxygens (including phenoxy) is 1. The number of piperidine rings is 1. The third kappa shape index (κ3) is 2.81. The fraction of sp³-hybridized carbons (Fsp3) is 0.600. The Bertz CT molecular complexity index is 1100. The first kappa shape index (κ1) is 18.0. The molecule has 0 bridgehead atoms. The van der Waals surface area contributed by atoms with E-state index in [0.717, 1.165) is 47.6 Å². The Morgan fingerprint density at radius 1 is 1.32 bits per heavy atom. The van der Waals surface area contributed by atoms with Crippen LogP contribution in [0.15, 0.2) is 0 Å². The van der Waals surface area contributed by atoms with E-state index in [9.17, 15) is 4.79 Å². The third-order valence-corrected chi connectivity index (χ3v) is 6.90. The number of thiophene rings is 1. The van der Waals surface area contributed by atoms with Crippen molar-refractivity contribution in [1.82, 2.24) is 24.5 Å². The molecule has 8 heteroatoms. The molecule has 0 aliphatic carbocycles. The molecule has 5 heterocycles. The zero-order valence-corrected chi connectivity index (χ0v) is 17.6. The van der Waals surface area contributed by atoms with Crippen molar-refractivity contribution in [2.75, 3.05) is 13.1 Å². The normalized spacial score (nSPS) is 22.0. The second-order valence-electron chi connectivity index (χ2n) is 8.74. The minimum absolute atomic E-state index is 0.0736. The maximum Gasteiger partial charge on any atom is 0.293 e. The van der Waals surface area contributed by atoms with E-state index in [-0.39, 0.29) is 17.3 Å². The number of hydrogen-bond acceptors (Lipinski definition) is 6. The summed E-state index contributed by atoms with van der Waals surface area (Å²) in [5.74, 6) is 1.48. The summed E-state index contributed by atoms with van der Waals surface area (Å²) in [4.78, 5) is 26.6. The summed E-state index contributed by atoms with van der Waals surface area (Å²) >= 11 is 1.66. The molecular weight excluding hydrogens is 374 g/mol. The molecule has 1 saturated heterocycles. The lowest BCUT2D eigenvalue weighted by molar-refractivity contribution is -0.0379. The largest absolute Gasteiger partial charge is 0.370 e. The molecule has 3 aromatic heterocycles. The van der Waals surface area contributed by atoms with Crippen molar-refractivity contribution in [1.29, 1.82) is 0 Å². The number of aryl methyl sites for hydroxylation is 1. The molecule has 0 radical (unpaired) electrons. The topological polar surface area (TPSA) is 72.6 Å². The van der Waals surface area contributed by atoms with Crippen LogP contribution in [0.25, 0.3) is 15.9 Å². The van der Waals surface area contributed by atoms with Gasteiger partial charge in [0, 0.05) is 24.4 Å². The zero-order valence-electron chi connectivity index (χ0n) is 16.8. The van der Waals surface area contributed by atoms with Crippen LogP contribution in [-0.2, 0) is 17.8 Å². The van der Waals surface area contributed by atoms with Crippen LogP contribution < -0.4 is 0 Å². The summed E-state index contributed by atoms with van der Waals surface area (Å²) in [6, 6.07) is 0. The average Bonchev–Trinajstić information content (AvgIpc) is 3.22. The predicted octanol–water partition coefficient (Wildman–Crippen LogP) is 3.37. The van der Waals surface area contributed by atoms with Gasteiger partial charge in [0.05, 0.1) is 17.6 Å². The summed E-state index contributed by atoms with van der Waals surface area (Å²) in [5.41, 5.74) is 1.77. The summed E-state index contributed by atoms with van der Waals surface area (Å²) in [6.07, 6.45) is 3.02. The highest BCUT2D eigenvalue weighted by atomic mass is 32.1. The second-order valence-corrected chi connectivity index (χ2v) is 9.82. The molecule has 5 rings (SSSR count). The first-order valence-corrected chi connectivity index (χ1v) is 10.7. The zero-order chi connectivity index (χ0) is 19.6. The predicted molar refractivity (Wildman–Crippen MR) is 108 cm³/mol. The van der Waals surface area contributed by atoms with E-state index < -0.39 is 0 Å². The Morgan fingerprint density at radius 3 is 2.93 bits per heavy atom. The Kier molecular flexibility index (Phi) is 4.00. The van der Waals surface area contributed by atoms with E-state index in [1.54, 1.807) is 15.9 Å². The van der Waals surface area contributed by atoms with Crippen molar-refractivity contribution in [2.45, 2.75) is 59.2 Å². The number of nitrogens with zero attached hydrogens (tertiary/aromatic N) is 5. The van der Waals surface area contributed by atoms with Gasteiger partial charge in [-0.25, -0.2) is 9.97 Å². The minimum atomic E-state index is -0.217. The maximum atomic E-state index is 13.0. The van der Waals surface area contributed by atoms with Gasteiger partial charge in [-0.3, -0.25) is 4.79 Å². The van der Waals surface area contributed by atoms with Crippen LogP contribution in [0, 0.1) is 12.8 Å². The third-order valence-electron chi connectivity index (χ3n) is 5.80. The standard InChI is InChI=1S/C20H25N5O2S/c1-11-6-5-7-24(9-11)19(26)16-22-17-15-13-8-20(3,4)27-10-14(13)28-18(15)21-12(2)25(17)23-16/h11H,5-10H2,1-4H3/t11-/m0/s1. The highest BCUT2D eigenvalue weighted by Crippen LogP contribution is 2.39. The molecule has 3 aromatic rings. The minimum Gasteiger partial charge on any atom is -0.370 e. The number of hydrogen-bond donors (Lipinski definition) is 0. The molecule has 0 N–H and O–H groups in total. The number of carbonyl (C=O) groups is 1. The van der Waals surface area contributed by atoms with Gasteiger partial charge in [0.15, 0.2) is 5.65 Å². The molecule has 28 heavy (non-hydrogen) atoms. The van der Waals surface area contributed by atoms with Gasteiger partial charge in [-0.15, -0.1) is 16.4 Å². The summed E-state index contributed by atoms with van der Waals surface area (Å²) in [6.45, 7) is 10.5. The fourth-order valence-corrected chi connectivity index (χ4v) is 5.49. The van der Waals surface area contributed by atoms with Gasteiger partial charge in [-0.2, -0.15) is 4.52 Å². The van der Waals surface area contributed by atoms with Gasteiger partial charge in [0.1, 0.15) is 10.7 Å². The number of likely N-dealkylation sites (tertiary alicyclic amines) is 1. The monoisotopic (exact) mass is 399 g/mol. The molecule has 1 amide bonds. The van der Waals surface area contributed by atoms with E-state index in [1.165, 1.54) is 16.9 Å². The van der Waals surface area contributed by atoms with Crippen LogP contribution in [0.5, 0.6) is 0 Å². The maximum absolute atomic E-state index is 13.0. The Balaban J connectivity index is 1.64. The van der Waals surface area contributed by atoms with Gasteiger partial charge < -0.3 is 9.64 Å². The Morgan fingerprint density at radius 2 is 2.14 bits per heavy atom. The highest BCUT2D eigenvalue weighted by Gasteiger charge is 2.32. The van der Waals surface area contributed by atoms with Crippen molar-refractivity contribution in [2.24, 2.45) is 5.92 Å². The molecule has 1 fully saturated rings. The van der Waals surface area contributed by atoms with Gasteiger partial charge >= 0.3 is 0 Å². The first-order chi connectivity index (χ1) is 13.3.